The van der Waals surface area contributed by atoms with Gasteiger partial charge in [-0.1, -0.05) is 60.1 Å². The highest BCUT2D eigenvalue weighted by molar-refractivity contribution is 6.30. The number of nitrogens with zero attached hydrogens (tertiary/aromatic N) is 1. The number of nitrogens with one attached hydrogen (secondary N) is 1. The Balaban J connectivity index is 1.92. The summed E-state index contributed by atoms with van der Waals surface area (Å²) in [7, 11) is 3.12. The predicted molar refractivity (Wildman–Crippen MR) is 153 cm³/mol. The fourth-order valence-corrected chi connectivity index (χ4v) is 4.31. The number of hydrogen-bond acceptors (Lipinski definition) is 5. The molecule has 0 aromatic heterocycles. The molecular weight excluding hydrogens is 516 g/mol. The summed E-state index contributed by atoms with van der Waals surface area (Å²) in [5.41, 5.74) is 2.33. The lowest BCUT2D eigenvalue weighted by Gasteiger charge is -2.32. The van der Waals surface area contributed by atoms with E-state index < -0.39 is 6.04 Å². The van der Waals surface area contributed by atoms with E-state index in [4.69, 9.17) is 25.8 Å². The van der Waals surface area contributed by atoms with Crippen LogP contribution in [-0.2, 0) is 27.3 Å². The summed E-state index contributed by atoms with van der Waals surface area (Å²) in [6, 6.07) is 21.2. The average Bonchev–Trinajstić information content (AvgIpc) is 2.93. The maximum absolute atomic E-state index is 13.9. The minimum Gasteiger partial charge on any atom is -0.493 e. The van der Waals surface area contributed by atoms with Crippen LogP contribution in [0.2, 0.25) is 5.02 Å². The van der Waals surface area contributed by atoms with Crippen LogP contribution in [-0.4, -0.2) is 50.2 Å². The van der Waals surface area contributed by atoms with Gasteiger partial charge in [0.05, 0.1) is 26.7 Å². The first-order valence-electron chi connectivity index (χ1n) is 13.0. The van der Waals surface area contributed by atoms with Gasteiger partial charge >= 0.3 is 0 Å². The number of benzene rings is 3. The summed E-state index contributed by atoms with van der Waals surface area (Å²) in [5.74, 6) is 0.660. The summed E-state index contributed by atoms with van der Waals surface area (Å²) >= 11 is 6.11. The third-order valence-electron chi connectivity index (χ3n) is 6.14. The Morgan fingerprint density at radius 1 is 0.897 bits per heavy atom. The molecule has 0 saturated heterocycles. The first kappa shape index (κ1) is 30.0. The third-order valence-corrected chi connectivity index (χ3v) is 6.39. The van der Waals surface area contributed by atoms with E-state index in [0.29, 0.717) is 36.1 Å². The van der Waals surface area contributed by atoms with Crippen LogP contribution >= 0.6 is 11.6 Å². The highest BCUT2D eigenvalue weighted by atomic mass is 35.5. The van der Waals surface area contributed by atoms with E-state index in [1.165, 1.54) is 0 Å². The van der Waals surface area contributed by atoms with Crippen LogP contribution in [0.4, 0.5) is 0 Å². The molecule has 7 nitrogen and oxygen atoms in total. The fourth-order valence-electron chi connectivity index (χ4n) is 4.18. The van der Waals surface area contributed by atoms with E-state index in [-0.39, 0.29) is 30.9 Å². The second kappa shape index (κ2) is 15.1. The summed E-state index contributed by atoms with van der Waals surface area (Å²) in [6.45, 7) is 5.16. The van der Waals surface area contributed by atoms with Crippen molar-refractivity contribution in [2.75, 3.05) is 27.4 Å². The van der Waals surface area contributed by atoms with E-state index >= 15 is 0 Å². The highest BCUT2D eigenvalue weighted by Gasteiger charge is 2.31. The van der Waals surface area contributed by atoms with Crippen LogP contribution in [0.5, 0.6) is 11.5 Å². The zero-order valence-corrected chi connectivity index (χ0v) is 23.7. The van der Waals surface area contributed by atoms with Gasteiger partial charge in [-0.3, -0.25) is 9.59 Å². The van der Waals surface area contributed by atoms with Crippen LogP contribution in [0.15, 0.2) is 72.8 Å². The van der Waals surface area contributed by atoms with Crippen LogP contribution in [0.3, 0.4) is 0 Å². The van der Waals surface area contributed by atoms with Gasteiger partial charge in [0.15, 0.2) is 11.5 Å². The lowest BCUT2D eigenvalue weighted by atomic mass is 10.0. The first-order valence-corrected chi connectivity index (χ1v) is 13.4. The van der Waals surface area contributed by atoms with Gasteiger partial charge in [0, 0.05) is 24.7 Å². The highest BCUT2D eigenvalue weighted by Crippen LogP contribution is 2.29. The van der Waals surface area contributed by atoms with Gasteiger partial charge in [-0.15, -0.1) is 0 Å². The van der Waals surface area contributed by atoms with E-state index in [9.17, 15) is 9.59 Å². The van der Waals surface area contributed by atoms with Gasteiger partial charge in [-0.2, -0.15) is 0 Å². The summed E-state index contributed by atoms with van der Waals surface area (Å²) < 4.78 is 16.4. The number of halogens is 1. The molecule has 2 amide bonds. The number of carbonyl (C=O) groups is 2. The second-order valence-corrected chi connectivity index (χ2v) is 9.83. The second-order valence-electron chi connectivity index (χ2n) is 9.39. The Kier molecular flexibility index (Phi) is 11.6. The van der Waals surface area contributed by atoms with E-state index in [2.05, 4.69) is 5.32 Å². The van der Waals surface area contributed by atoms with E-state index in [0.717, 1.165) is 16.7 Å². The van der Waals surface area contributed by atoms with Crippen molar-refractivity contribution in [3.05, 3.63) is 94.5 Å². The summed E-state index contributed by atoms with van der Waals surface area (Å²) in [4.78, 5) is 29.2. The van der Waals surface area contributed by atoms with E-state index in [1.54, 1.807) is 43.4 Å². The van der Waals surface area contributed by atoms with Crippen LogP contribution in [0.25, 0.3) is 0 Å². The van der Waals surface area contributed by atoms with Crippen LogP contribution in [0.1, 0.15) is 43.0 Å². The maximum Gasteiger partial charge on any atom is 0.247 e. The van der Waals surface area contributed by atoms with E-state index in [1.807, 2.05) is 62.4 Å². The number of rotatable bonds is 14. The third kappa shape index (κ3) is 9.01. The summed E-state index contributed by atoms with van der Waals surface area (Å²) in [6.07, 6.45) is 0.872. The molecule has 0 aliphatic heterocycles. The molecule has 0 aliphatic carbocycles. The van der Waals surface area contributed by atoms with Crippen molar-refractivity contribution in [1.29, 1.82) is 0 Å². The van der Waals surface area contributed by atoms with Crippen molar-refractivity contribution in [2.24, 2.45) is 0 Å². The van der Waals surface area contributed by atoms with Gasteiger partial charge in [-0.05, 0) is 61.2 Å². The Morgan fingerprint density at radius 2 is 1.56 bits per heavy atom. The molecule has 0 spiro atoms. The molecule has 39 heavy (non-hydrogen) atoms. The Hall–Kier alpha value is -3.55. The molecule has 3 aromatic rings. The predicted octanol–water partition coefficient (Wildman–Crippen LogP) is 5.60. The minimum absolute atomic E-state index is 0.0762. The van der Waals surface area contributed by atoms with Crippen LogP contribution in [0, 0.1) is 0 Å². The zero-order valence-electron chi connectivity index (χ0n) is 23.0. The molecule has 1 N–H and O–H groups in total. The molecule has 0 radical (unpaired) electrons. The van der Waals surface area contributed by atoms with Gasteiger partial charge in [0.1, 0.15) is 6.04 Å². The largest absolute Gasteiger partial charge is 0.493 e. The average molecular weight is 553 g/mol. The Bertz CT molecular complexity index is 1200. The normalized spacial score (nSPS) is 11.6. The number of amides is 2. The molecule has 0 heterocycles. The molecular formula is C31H37ClN2O5. The monoisotopic (exact) mass is 552 g/mol. The SMILES string of the molecule is COc1ccc(CC(=O)N(Cc2ccc(Cl)cc2)C(C(=O)NCCCOC(C)C)c2ccccc2)cc1OC. The maximum atomic E-state index is 13.9. The fraction of sp³-hybridized carbons (Fsp3) is 0.355. The molecule has 8 heteroatoms. The van der Waals surface area contributed by atoms with Crippen molar-refractivity contribution < 1.29 is 23.8 Å². The standard InChI is InChI=1S/C31H37ClN2O5/c1-22(2)39-18-8-17-33-31(36)30(25-9-6-5-7-10-25)34(21-23-11-14-26(32)15-12-23)29(35)20-24-13-16-27(37-3)28(19-24)38-4/h5-7,9-16,19,22,30H,8,17-18,20-21H2,1-4H3,(H,33,36). The Labute approximate surface area is 236 Å². The minimum atomic E-state index is -0.833. The number of methoxy groups -OCH3 is 2. The molecule has 208 valence electrons. The lowest BCUT2D eigenvalue weighted by molar-refractivity contribution is -0.141. The smallest absolute Gasteiger partial charge is 0.247 e. The molecule has 0 fully saturated rings. The van der Waals surface area contributed by atoms with Crippen molar-refractivity contribution in [2.45, 2.75) is 45.4 Å². The molecule has 3 aromatic carbocycles. The lowest BCUT2D eigenvalue weighted by Crippen LogP contribution is -2.44. The number of ether oxygens (including phenoxy) is 3. The molecule has 0 aliphatic rings. The molecule has 1 unspecified atom stereocenters. The van der Waals surface area contributed by atoms with Gasteiger partial charge in [0.25, 0.3) is 0 Å². The zero-order chi connectivity index (χ0) is 28.2. The summed E-state index contributed by atoms with van der Waals surface area (Å²) in [5, 5.41) is 3.61. The van der Waals surface area contributed by atoms with Crippen molar-refractivity contribution in [3.8, 4) is 11.5 Å². The molecule has 0 bridgehead atoms. The van der Waals surface area contributed by atoms with Crippen molar-refractivity contribution >= 4 is 23.4 Å². The number of carbonyl (C=O) groups excluding carboxylic acids is 2. The Morgan fingerprint density at radius 3 is 2.21 bits per heavy atom. The van der Waals surface area contributed by atoms with Crippen molar-refractivity contribution in [1.82, 2.24) is 10.2 Å². The van der Waals surface area contributed by atoms with Crippen LogP contribution < -0.4 is 14.8 Å². The molecule has 0 saturated carbocycles. The first-order chi connectivity index (χ1) is 18.8. The van der Waals surface area contributed by atoms with Crippen molar-refractivity contribution in [3.63, 3.8) is 0 Å². The molecule has 3 rings (SSSR count). The van der Waals surface area contributed by atoms with Gasteiger partial charge in [-0.25, -0.2) is 0 Å². The van der Waals surface area contributed by atoms with Gasteiger partial charge < -0.3 is 24.4 Å². The van der Waals surface area contributed by atoms with Gasteiger partial charge in [0.2, 0.25) is 11.8 Å². The topological polar surface area (TPSA) is 77.1 Å². The molecule has 1 atom stereocenters. The number of hydrogen-bond donors (Lipinski definition) is 1. The quantitative estimate of drug-likeness (QED) is 0.263.